The lowest BCUT2D eigenvalue weighted by molar-refractivity contribution is 0.101. The molecule has 2 heterocycles. The van der Waals surface area contributed by atoms with Gasteiger partial charge >= 0.3 is 0 Å². The summed E-state index contributed by atoms with van der Waals surface area (Å²) < 4.78 is 5.95. The van der Waals surface area contributed by atoms with Gasteiger partial charge in [0.05, 0.1) is 21.2 Å². The van der Waals surface area contributed by atoms with Gasteiger partial charge < -0.3 is 9.84 Å². The molecular weight excluding hydrogens is 385 g/mol. The predicted octanol–water partition coefficient (Wildman–Crippen LogP) is 5.22. The van der Waals surface area contributed by atoms with Crippen LogP contribution in [-0.2, 0) is 6.54 Å². The van der Waals surface area contributed by atoms with Crippen molar-refractivity contribution in [1.82, 2.24) is 4.90 Å². The number of allylic oxidation sites excluding steroid dienone is 1. The minimum Gasteiger partial charge on any atom is -0.507 e. The van der Waals surface area contributed by atoms with Gasteiger partial charge in [0.25, 0.3) is 0 Å². The number of hydrogen-bond acceptors (Lipinski definition) is 4. The number of carbonyl (C=O) groups excluding carboxylic acids is 1. The van der Waals surface area contributed by atoms with E-state index in [0.29, 0.717) is 39.0 Å². The molecule has 2 aliphatic rings. The van der Waals surface area contributed by atoms with E-state index in [2.05, 4.69) is 4.90 Å². The summed E-state index contributed by atoms with van der Waals surface area (Å²) in [5.41, 5.74) is 2.62. The van der Waals surface area contributed by atoms with E-state index in [-0.39, 0.29) is 17.3 Å². The minimum absolute atomic E-state index is 0.168. The molecule has 0 aromatic heterocycles. The van der Waals surface area contributed by atoms with Gasteiger partial charge in [0, 0.05) is 6.54 Å². The van der Waals surface area contributed by atoms with Crippen molar-refractivity contribution in [2.75, 3.05) is 13.1 Å². The third-order valence-electron chi connectivity index (χ3n) is 5.04. The highest BCUT2D eigenvalue weighted by Gasteiger charge is 2.33. The summed E-state index contributed by atoms with van der Waals surface area (Å²) in [7, 11) is 0. The second-order valence-corrected chi connectivity index (χ2v) is 7.81. The Bertz CT molecular complexity index is 962. The van der Waals surface area contributed by atoms with Crippen LogP contribution in [0.3, 0.4) is 0 Å². The number of fused-ring (bicyclic) bond motifs is 1. The molecule has 2 aromatic carbocycles. The van der Waals surface area contributed by atoms with Crippen LogP contribution in [0.15, 0.2) is 30.0 Å². The molecule has 6 heteroatoms. The van der Waals surface area contributed by atoms with Crippen LogP contribution < -0.4 is 4.74 Å². The van der Waals surface area contributed by atoms with E-state index in [1.165, 1.54) is 0 Å². The van der Waals surface area contributed by atoms with E-state index < -0.39 is 0 Å². The Balaban J connectivity index is 1.72. The van der Waals surface area contributed by atoms with Crippen molar-refractivity contribution in [3.05, 3.63) is 62.3 Å². The number of ketones is 1. The Hall–Kier alpha value is -2.01. The van der Waals surface area contributed by atoms with Gasteiger partial charge in [-0.25, -0.2) is 0 Å². The van der Waals surface area contributed by atoms with Gasteiger partial charge in [-0.05, 0) is 68.3 Å². The summed E-state index contributed by atoms with van der Waals surface area (Å²) in [5, 5.41) is 11.3. The fourth-order valence-electron chi connectivity index (χ4n) is 3.65. The largest absolute Gasteiger partial charge is 0.507 e. The van der Waals surface area contributed by atoms with Crippen LogP contribution >= 0.6 is 23.2 Å². The Morgan fingerprint density at radius 2 is 1.93 bits per heavy atom. The van der Waals surface area contributed by atoms with E-state index >= 15 is 0 Å². The van der Waals surface area contributed by atoms with Crippen molar-refractivity contribution >= 4 is 35.1 Å². The lowest BCUT2D eigenvalue weighted by Crippen LogP contribution is -2.19. The standard InChI is InChI=1S/C21H19Cl2NO3/c1-12-8-17(25)14(11-24-6-2-3-7-24)21-19(12)20(26)18(27-21)10-13-4-5-15(22)16(23)9-13/h4-5,8-10,25H,2-3,6-7,11H2,1H3/b18-10-. The molecule has 4 rings (SSSR count). The van der Waals surface area contributed by atoms with Gasteiger partial charge in [0.2, 0.25) is 5.78 Å². The van der Waals surface area contributed by atoms with Gasteiger partial charge in [-0.1, -0.05) is 29.3 Å². The molecule has 0 bridgehead atoms. The number of benzene rings is 2. The van der Waals surface area contributed by atoms with E-state index in [4.69, 9.17) is 27.9 Å². The van der Waals surface area contributed by atoms with Gasteiger partial charge in [-0.2, -0.15) is 0 Å². The maximum atomic E-state index is 12.9. The lowest BCUT2D eigenvalue weighted by Gasteiger charge is -2.18. The highest BCUT2D eigenvalue weighted by Crippen LogP contribution is 2.42. The third-order valence-corrected chi connectivity index (χ3v) is 5.78. The average molecular weight is 404 g/mol. The molecule has 1 fully saturated rings. The zero-order chi connectivity index (χ0) is 19.1. The lowest BCUT2D eigenvalue weighted by atomic mass is 9.99. The number of likely N-dealkylation sites (tertiary alicyclic amines) is 1. The summed E-state index contributed by atoms with van der Waals surface area (Å²) in [6.45, 7) is 4.35. The maximum absolute atomic E-state index is 12.9. The second-order valence-electron chi connectivity index (χ2n) is 6.99. The summed E-state index contributed by atoms with van der Waals surface area (Å²) in [6.07, 6.45) is 3.95. The van der Waals surface area contributed by atoms with Gasteiger partial charge in [0.15, 0.2) is 5.76 Å². The number of halogens is 2. The molecule has 27 heavy (non-hydrogen) atoms. The van der Waals surface area contributed by atoms with Crippen molar-refractivity contribution in [3.8, 4) is 11.5 Å². The first-order valence-electron chi connectivity index (χ1n) is 8.91. The van der Waals surface area contributed by atoms with Crippen molar-refractivity contribution in [2.24, 2.45) is 0 Å². The Morgan fingerprint density at radius 3 is 2.63 bits per heavy atom. The smallest absolute Gasteiger partial charge is 0.232 e. The number of carbonyl (C=O) groups is 1. The van der Waals surface area contributed by atoms with E-state index in [9.17, 15) is 9.90 Å². The molecule has 4 nitrogen and oxygen atoms in total. The van der Waals surface area contributed by atoms with Crippen LogP contribution in [0.1, 0.15) is 39.9 Å². The molecule has 0 aliphatic carbocycles. The van der Waals surface area contributed by atoms with Crippen LogP contribution in [0.5, 0.6) is 11.5 Å². The Labute approximate surface area is 168 Å². The maximum Gasteiger partial charge on any atom is 0.232 e. The molecule has 0 spiro atoms. The second kappa shape index (κ2) is 7.19. The van der Waals surface area contributed by atoms with Crippen LogP contribution in [0.25, 0.3) is 6.08 Å². The van der Waals surface area contributed by atoms with Crippen LogP contribution in [0.4, 0.5) is 0 Å². The van der Waals surface area contributed by atoms with Crippen LogP contribution in [-0.4, -0.2) is 28.9 Å². The Kier molecular flexibility index (Phi) is 4.89. The van der Waals surface area contributed by atoms with Crippen LogP contribution in [0.2, 0.25) is 10.0 Å². The number of Topliss-reactive ketones (excluding diaryl/α,β-unsaturated/α-hetero) is 1. The molecular formula is C21H19Cl2NO3. The molecule has 0 radical (unpaired) electrons. The summed E-state index contributed by atoms with van der Waals surface area (Å²) in [6, 6.07) is 6.79. The zero-order valence-electron chi connectivity index (χ0n) is 14.9. The average Bonchev–Trinajstić information content (AvgIpc) is 3.24. The number of phenols is 1. The quantitative estimate of drug-likeness (QED) is 0.713. The fourth-order valence-corrected chi connectivity index (χ4v) is 3.96. The molecule has 0 atom stereocenters. The van der Waals surface area contributed by atoms with Gasteiger partial charge in [-0.15, -0.1) is 0 Å². The summed E-state index contributed by atoms with van der Waals surface area (Å²) in [4.78, 5) is 15.2. The number of ether oxygens (including phenoxy) is 1. The number of aromatic hydroxyl groups is 1. The number of nitrogens with zero attached hydrogens (tertiary/aromatic N) is 1. The number of phenolic OH excluding ortho intramolecular Hbond substituents is 1. The summed E-state index contributed by atoms with van der Waals surface area (Å²) in [5.74, 6) is 0.674. The van der Waals surface area contributed by atoms with Crippen molar-refractivity contribution in [3.63, 3.8) is 0 Å². The molecule has 0 amide bonds. The minimum atomic E-state index is -0.184. The number of rotatable bonds is 3. The number of hydrogen-bond donors (Lipinski definition) is 1. The highest BCUT2D eigenvalue weighted by atomic mass is 35.5. The summed E-state index contributed by atoms with van der Waals surface area (Å²) >= 11 is 12.0. The first-order chi connectivity index (χ1) is 12.9. The number of aryl methyl sites for hydroxylation is 1. The predicted molar refractivity (Wildman–Crippen MR) is 107 cm³/mol. The molecule has 1 N–H and O–H groups in total. The molecule has 2 aromatic rings. The first kappa shape index (κ1) is 18.4. The SMILES string of the molecule is Cc1cc(O)c(CN2CCCC2)c2c1C(=O)/C(=C/c1ccc(Cl)c(Cl)c1)O2. The van der Waals surface area contributed by atoms with Crippen molar-refractivity contribution in [2.45, 2.75) is 26.3 Å². The first-order valence-corrected chi connectivity index (χ1v) is 9.66. The normalized spacial score (nSPS) is 18.2. The van der Waals surface area contributed by atoms with Gasteiger partial charge in [-0.3, -0.25) is 9.69 Å². The van der Waals surface area contributed by atoms with Gasteiger partial charge in [0.1, 0.15) is 11.5 Å². The Morgan fingerprint density at radius 1 is 1.19 bits per heavy atom. The molecule has 2 aliphatic heterocycles. The molecule has 1 saturated heterocycles. The topological polar surface area (TPSA) is 49.8 Å². The van der Waals surface area contributed by atoms with Crippen LogP contribution in [0, 0.1) is 6.92 Å². The zero-order valence-corrected chi connectivity index (χ0v) is 16.4. The fraction of sp³-hybridized carbons (Fsp3) is 0.286. The molecule has 0 saturated carbocycles. The van der Waals surface area contributed by atoms with Crippen molar-refractivity contribution < 1.29 is 14.6 Å². The third kappa shape index (κ3) is 3.45. The monoisotopic (exact) mass is 403 g/mol. The molecule has 140 valence electrons. The van der Waals surface area contributed by atoms with E-state index in [1.54, 1.807) is 30.3 Å². The highest BCUT2D eigenvalue weighted by molar-refractivity contribution is 6.42. The van der Waals surface area contributed by atoms with E-state index in [0.717, 1.165) is 31.5 Å². The van der Waals surface area contributed by atoms with Crippen molar-refractivity contribution in [1.29, 1.82) is 0 Å². The molecule has 0 unspecified atom stereocenters. The van der Waals surface area contributed by atoms with E-state index in [1.807, 2.05) is 6.92 Å².